The number of benzene rings is 1. The molecule has 5 heteroatoms. The lowest BCUT2D eigenvalue weighted by Crippen LogP contribution is -2.27. The first-order valence-electron chi connectivity index (χ1n) is 6.50. The second-order valence-electron chi connectivity index (χ2n) is 4.84. The van der Waals surface area contributed by atoms with E-state index in [1.807, 2.05) is 31.2 Å². The number of furan rings is 1. The molecule has 0 spiro atoms. The van der Waals surface area contributed by atoms with Crippen LogP contribution < -0.4 is 5.32 Å². The number of fused-ring (bicyclic) bond motifs is 1. The van der Waals surface area contributed by atoms with Gasteiger partial charge in [0.25, 0.3) is 5.91 Å². The van der Waals surface area contributed by atoms with Gasteiger partial charge in [-0.25, -0.2) is 0 Å². The van der Waals surface area contributed by atoms with Gasteiger partial charge in [0.1, 0.15) is 5.58 Å². The lowest BCUT2D eigenvalue weighted by atomic mass is 10.1. The predicted octanol–water partition coefficient (Wildman–Crippen LogP) is 2.58. The van der Waals surface area contributed by atoms with Crippen LogP contribution in [0.25, 0.3) is 11.0 Å². The maximum Gasteiger partial charge on any atom is 0.306 e. The van der Waals surface area contributed by atoms with Crippen LogP contribution in [-0.2, 0) is 4.79 Å². The predicted molar refractivity (Wildman–Crippen MR) is 74.7 cm³/mol. The van der Waals surface area contributed by atoms with E-state index >= 15 is 0 Å². The first kappa shape index (κ1) is 14.1. The van der Waals surface area contributed by atoms with E-state index in [1.165, 1.54) is 0 Å². The summed E-state index contributed by atoms with van der Waals surface area (Å²) < 4.78 is 5.54. The summed E-state index contributed by atoms with van der Waals surface area (Å²) in [5.74, 6) is -1.36. The Labute approximate surface area is 116 Å². The van der Waals surface area contributed by atoms with Crippen molar-refractivity contribution in [1.29, 1.82) is 0 Å². The zero-order valence-electron chi connectivity index (χ0n) is 11.5. The Morgan fingerprint density at radius 2 is 2.05 bits per heavy atom. The average molecular weight is 275 g/mol. The number of para-hydroxylation sites is 1. The van der Waals surface area contributed by atoms with Crippen LogP contribution in [0, 0.1) is 12.8 Å². The van der Waals surface area contributed by atoms with E-state index in [1.54, 1.807) is 6.92 Å². The molecule has 2 N–H and O–H groups in total. The first-order valence-corrected chi connectivity index (χ1v) is 6.50. The van der Waals surface area contributed by atoms with Crippen molar-refractivity contribution in [3.63, 3.8) is 0 Å². The van der Waals surface area contributed by atoms with Crippen molar-refractivity contribution in [2.75, 3.05) is 6.54 Å². The van der Waals surface area contributed by atoms with Gasteiger partial charge >= 0.3 is 5.97 Å². The summed E-state index contributed by atoms with van der Waals surface area (Å²) in [5.41, 5.74) is 1.47. The molecule has 1 amide bonds. The van der Waals surface area contributed by atoms with Crippen LogP contribution in [0.1, 0.15) is 29.5 Å². The number of carbonyl (C=O) groups is 2. The number of hydrogen-bond acceptors (Lipinski definition) is 3. The number of rotatable bonds is 5. The van der Waals surface area contributed by atoms with E-state index in [2.05, 4.69) is 5.32 Å². The maximum atomic E-state index is 12.0. The number of aliphatic carboxylic acids is 1. The molecule has 1 aromatic carbocycles. The van der Waals surface area contributed by atoms with E-state index in [9.17, 15) is 9.59 Å². The lowest BCUT2D eigenvalue weighted by Gasteiger charge is -2.06. The van der Waals surface area contributed by atoms with E-state index in [-0.39, 0.29) is 11.7 Å². The van der Waals surface area contributed by atoms with E-state index in [0.29, 0.717) is 18.5 Å². The van der Waals surface area contributed by atoms with Crippen LogP contribution in [0.15, 0.2) is 28.7 Å². The Kier molecular flexibility index (Phi) is 4.08. The molecule has 106 valence electrons. The van der Waals surface area contributed by atoms with Gasteiger partial charge in [0.05, 0.1) is 5.92 Å². The Morgan fingerprint density at radius 1 is 1.35 bits per heavy atom. The molecule has 1 heterocycles. The monoisotopic (exact) mass is 275 g/mol. The van der Waals surface area contributed by atoms with Crippen LogP contribution in [0.3, 0.4) is 0 Å². The van der Waals surface area contributed by atoms with Gasteiger partial charge in [-0.1, -0.05) is 25.1 Å². The summed E-state index contributed by atoms with van der Waals surface area (Å²) in [7, 11) is 0. The number of carbonyl (C=O) groups excluding carboxylic acids is 1. The van der Waals surface area contributed by atoms with Crippen molar-refractivity contribution in [2.24, 2.45) is 5.92 Å². The summed E-state index contributed by atoms with van der Waals surface area (Å²) in [6.07, 6.45) is 0.389. The van der Waals surface area contributed by atoms with Crippen LogP contribution in [0.2, 0.25) is 0 Å². The van der Waals surface area contributed by atoms with Gasteiger partial charge in [0.15, 0.2) is 5.76 Å². The zero-order chi connectivity index (χ0) is 14.7. The van der Waals surface area contributed by atoms with Crippen molar-refractivity contribution >= 4 is 22.8 Å². The molecular formula is C15H17NO4. The highest BCUT2D eigenvalue weighted by Crippen LogP contribution is 2.24. The highest BCUT2D eigenvalue weighted by Gasteiger charge is 2.17. The molecule has 0 aliphatic heterocycles. The summed E-state index contributed by atoms with van der Waals surface area (Å²) in [6.45, 7) is 3.75. The standard InChI is InChI=1S/C15H17NO4/c1-9(15(18)19)7-8-16-14(17)13-10(2)11-5-3-4-6-12(11)20-13/h3-6,9H,7-8H2,1-2H3,(H,16,17)(H,18,19). The largest absolute Gasteiger partial charge is 0.481 e. The molecule has 20 heavy (non-hydrogen) atoms. The highest BCUT2D eigenvalue weighted by atomic mass is 16.4. The Hall–Kier alpha value is -2.30. The van der Waals surface area contributed by atoms with Gasteiger partial charge in [-0.05, 0) is 19.4 Å². The molecule has 0 aliphatic rings. The summed E-state index contributed by atoms with van der Waals surface area (Å²) in [5, 5.41) is 12.4. The third-order valence-corrected chi connectivity index (χ3v) is 3.33. The molecule has 0 bridgehead atoms. The number of nitrogens with one attached hydrogen (secondary N) is 1. The molecule has 1 aromatic heterocycles. The Balaban J connectivity index is 2.04. The van der Waals surface area contributed by atoms with Crippen LogP contribution in [0.4, 0.5) is 0 Å². The molecule has 2 aromatic rings. The second-order valence-corrected chi connectivity index (χ2v) is 4.84. The van der Waals surface area contributed by atoms with E-state index in [0.717, 1.165) is 10.9 Å². The normalized spacial score (nSPS) is 12.3. The van der Waals surface area contributed by atoms with Crippen LogP contribution in [-0.4, -0.2) is 23.5 Å². The average Bonchev–Trinajstić information content (AvgIpc) is 2.76. The van der Waals surface area contributed by atoms with E-state index < -0.39 is 11.9 Å². The van der Waals surface area contributed by atoms with Crippen molar-refractivity contribution in [1.82, 2.24) is 5.32 Å². The smallest absolute Gasteiger partial charge is 0.306 e. The molecule has 1 atom stereocenters. The maximum absolute atomic E-state index is 12.0. The topological polar surface area (TPSA) is 79.5 Å². The number of aryl methyl sites for hydroxylation is 1. The molecule has 0 aliphatic carbocycles. The van der Waals surface area contributed by atoms with Gasteiger partial charge in [0, 0.05) is 17.5 Å². The Morgan fingerprint density at radius 3 is 2.70 bits per heavy atom. The second kappa shape index (κ2) is 5.77. The minimum atomic E-state index is -0.862. The molecule has 0 saturated heterocycles. The van der Waals surface area contributed by atoms with Gasteiger partial charge in [0.2, 0.25) is 0 Å². The van der Waals surface area contributed by atoms with Gasteiger partial charge in [-0.3, -0.25) is 9.59 Å². The number of carboxylic acids is 1. The summed E-state index contributed by atoms with van der Waals surface area (Å²) in [4.78, 5) is 22.7. The van der Waals surface area contributed by atoms with Crippen LogP contribution in [0.5, 0.6) is 0 Å². The Bertz CT molecular complexity index is 644. The fraction of sp³-hybridized carbons (Fsp3) is 0.333. The molecule has 1 unspecified atom stereocenters. The first-order chi connectivity index (χ1) is 9.50. The molecular weight excluding hydrogens is 258 g/mol. The third kappa shape index (κ3) is 2.82. The fourth-order valence-corrected chi connectivity index (χ4v) is 2.00. The van der Waals surface area contributed by atoms with Gasteiger partial charge < -0.3 is 14.8 Å². The molecule has 0 radical (unpaired) electrons. The van der Waals surface area contributed by atoms with Crippen molar-refractivity contribution < 1.29 is 19.1 Å². The summed E-state index contributed by atoms with van der Waals surface area (Å²) in [6, 6.07) is 7.45. The lowest BCUT2D eigenvalue weighted by molar-refractivity contribution is -0.141. The molecule has 5 nitrogen and oxygen atoms in total. The van der Waals surface area contributed by atoms with Gasteiger partial charge in [-0.2, -0.15) is 0 Å². The molecule has 2 rings (SSSR count). The quantitative estimate of drug-likeness (QED) is 0.879. The van der Waals surface area contributed by atoms with Crippen molar-refractivity contribution in [2.45, 2.75) is 20.3 Å². The minimum Gasteiger partial charge on any atom is -0.481 e. The number of carboxylic acid groups (broad SMARTS) is 1. The van der Waals surface area contributed by atoms with Crippen molar-refractivity contribution in [3.05, 3.63) is 35.6 Å². The fourth-order valence-electron chi connectivity index (χ4n) is 2.00. The zero-order valence-corrected chi connectivity index (χ0v) is 11.5. The summed E-state index contributed by atoms with van der Waals surface area (Å²) >= 11 is 0. The highest BCUT2D eigenvalue weighted by molar-refractivity contribution is 5.98. The molecule has 0 saturated carbocycles. The third-order valence-electron chi connectivity index (χ3n) is 3.33. The number of amides is 1. The van der Waals surface area contributed by atoms with Crippen molar-refractivity contribution in [3.8, 4) is 0 Å². The van der Waals surface area contributed by atoms with E-state index in [4.69, 9.17) is 9.52 Å². The molecule has 0 fully saturated rings. The minimum absolute atomic E-state index is 0.286. The van der Waals surface area contributed by atoms with Crippen LogP contribution >= 0.6 is 0 Å². The number of hydrogen-bond donors (Lipinski definition) is 2. The van der Waals surface area contributed by atoms with Gasteiger partial charge in [-0.15, -0.1) is 0 Å². The SMILES string of the molecule is Cc1c(C(=O)NCCC(C)C(=O)O)oc2ccccc12.